The van der Waals surface area contributed by atoms with Gasteiger partial charge in [0, 0.05) is 18.4 Å². The van der Waals surface area contributed by atoms with Crippen LogP contribution in [0.15, 0.2) is 39.9 Å². The van der Waals surface area contributed by atoms with Crippen LogP contribution in [0.2, 0.25) is 0 Å². The number of imidazole rings is 2. The summed E-state index contributed by atoms with van der Waals surface area (Å²) in [6.45, 7) is 5.46. The van der Waals surface area contributed by atoms with Gasteiger partial charge in [0.05, 0.1) is 6.04 Å². The first kappa shape index (κ1) is 18.7. The maximum atomic E-state index is 13.1. The van der Waals surface area contributed by atoms with Crippen LogP contribution in [0.3, 0.4) is 0 Å². The zero-order valence-electron chi connectivity index (χ0n) is 16.7. The molecule has 2 N–H and O–H groups in total. The van der Waals surface area contributed by atoms with E-state index in [1.54, 1.807) is 4.40 Å². The zero-order chi connectivity index (χ0) is 21.0. The van der Waals surface area contributed by atoms with Crippen molar-refractivity contribution in [1.29, 1.82) is 0 Å². The van der Waals surface area contributed by atoms with Crippen LogP contribution >= 0.6 is 0 Å². The monoisotopic (exact) mass is 394 g/mol. The van der Waals surface area contributed by atoms with Gasteiger partial charge in [-0.15, -0.1) is 0 Å². The van der Waals surface area contributed by atoms with Crippen molar-refractivity contribution in [2.75, 3.05) is 0 Å². The van der Waals surface area contributed by atoms with Crippen LogP contribution in [0.4, 0.5) is 0 Å². The summed E-state index contributed by atoms with van der Waals surface area (Å²) >= 11 is 0. The molecule has 1 amide bonds. The van der Waals surface area contributed by atoms with E-state index in [9.17, 15) is 14.4 Å². The van der Waals surface area contributed by atoms with Gasteiger partial charge in [-0.2, -0.15) is 4.98 Å². The Hall–Kier alpha value is -3.62. The average molecular weight is 394 g/mol. The molecule has 9 heteroatoms. The fraction of sp³-hybridized carbons (Fsp3) is 0.300. The second-order valence-corrected chi connectivity index (χ2v) is 7.25. The fourth-order valence-electron chi connectivity index (χ4n) is 3.91. The SMILES string of the molecule is Cc1c(C)n2c3c(=O)n(CC(N)=O)c(=O)n(C)c3nc2n1[C@@H](C)c1ccccc1. The summed E-state index contributed by atoms with van der Waals surface area (Å²) in [5.41, 5.74) is 7.45. The van der Waals surface area contributed by atoms with E-state index in [2.05, 4.69) is 11.9 Å². The number of aryl methyl sites for hydroxylation is 2. The largest absolute Gasteiger partial charge is 0.368 e. The molecule has 1 aromatic carbocycles. The minimum atomic E-state index is -0.757. The third-order valence-electron chi connectivity index (χ3n) is 5.54. The molecule has 150 valence electrons. The molecule has 0 unspecified atom stereocenters. The van der Waals surface area contributed by atoms with Crippen molar-refractivity contribution in [1.82, 2.24) is 23.1 Å². The van der Waals surface area contributed by atoms with Gasteiger partial charge in [-0.05, 0) is 26.3 Å². The van der Waals surface area contributed by atoms with Crippen molar-refractivity contribution in [2.45, 2.75) is 33.4 Å². The molecule has 0 aliphatic heterocycles. The number of primary amides is 1. The highest BCUT2D eigenvalue weighted by Gasteiger charge is 2.25. The lowest BCUT2D eigenvalue weighted by Gasteiger charge is -2.16. The van der Waals surface area contributed by atoms with E-state index < -0.39 is 23.7 Å². The normalized spacial score (nSPS) is 12.7. The highest BCUT2D eigenvalue weighted by molar-refractivity contribution is 5.78. The van der Waals surface area contributed by atoms with Crippen LogP contribution in [-0.4, -0.2) is 29.0 Å². The summed E-state index contributed by atoms with van der Waals surface area (Å²) < 4.78 is 5.93. The first-order valence-corrected chi connectivity index (χ1v) is 9.26. The summed E-state index contributed by atoms with van der Waals surface area (Å²) in [5, 5.41) is 0. The van der Waals surface area contributed by atoms with Gasteiger partial charge >= 0.3 is 5.69 Å². The number of nitrogens with zero attached hydrogens (tertiary/aromatic N) is 5. The van der Waals surface area contributed by atoms with Crippen LogP contribution in [-0.2, 0) is 18.4 Å². The van der Waals surface area contributed by atoms with E-state index >= 15 is 0 Å². The second kappa shape index (κ2) is 6.47. The van der Waals surface area contributed by atoms with E-state index in [0.717, 1.165) is 21.5 Å². The first-order valence-electron chi connectivity index (χ1n) is 9.26. The lowest BCUT2D eigenvalue weighted by Crippen LogP contribution is -2.42. The molecular weight excluding hydrogens is 372 g/mol. The average Bonchev–Trinajstić information content (AvgIpc) is 3.19. The second-order valence-electron chi connectivity index (χ2n) is 7.25. The minimum absolute atomic E-state index is 0.0333. The molecule has 0 aliphatic rings. The van der Waals surface area contributed by atoms with Crippen molar-refractivity contribution in [3.05, 3.63) is 68.1 Å². The highest BCUT2D eigenvalue weighted by Crippen LogP contribution is 2.27. The van der Waals surface area contributed by atoms with Crippen LogP contribution in [0.5, 0.6) is 0 Å². The molecule has 3 heterocycles. The van der Waals surface area contributed by atoms with Crippen molar-refractivity contribution in [3.63, 3.8) is 0 Å². The Morgan fingerprint density at radius 3 is 2.41 bits per heavy atom. The van der Waals surface area contributed by atoms with Gasteiger partial charge in [0.25, 0.3) is 5.56 Å². The summed E-state index contributed by atoms with van der Waals surface area (Å²) in [6.07, 6.45) is 0. The molecule has 0 spiro atoms. The number of carbonyl (C=O) groups is 1. The van der Waals surface area contributed by atoms with Crippen molar-refractivity contribution in [2.24, 2.45) is 12.8 Å². The molecule has 0 saturated heterocycles. The van der Waals surface area contributed by atoms with Gasteiger partial charge < -0.3 is 10.3 Å². The number of aromatic nitrogens is 5. The molecule has 0 bridgehead atoms. The fourth-order valence-corrected chi connectivity index (χ4v) is 3.91. The molecule has 0 radical (unpaired) electrons. The van der Waals surface area contributed by atoms with Crippen LogP contribution < -0.4 is 17.0 Å². The lowest BCUT2D eigenvalue weighted by atomic mass is 10.1. The zero-order valence-corrected chi connectivity index (χ0v) is 16.7. The summed E-state index contributed by atoms with van der Waals surface area (Å²) in [6, 6.07) is 9.95. The van der Waals surface area contributed by atoms with E-state index in [-0.39, 0.29) is 17.2 Å². The quantitative estimate of drug-likeness (QED) is 0.554. The van der Waals surface area contributed by atoms with Gasteiger partial charge in [-0.25, -0.2) is 9.36 Å². The van der Waals surface area contributed by atoms with Gasteiger partial charge in [0.15, 0.2) is 11.2 Å². The molecule has 4 aromatic rings. The van der Waals surface area contributed by atoms with Crippen molar-refractivity contribution >= 4 is 22.8 Å². The summed E-state index contributed by atoms with van der Waals surface area (Å²) in [7, 11) is 1.53. The minimum Gasteiger partial charge on any atom is -0.368 e. The number of carbonyl (C=O) groups excluding carboxylic acids is 1. The maximum Gasteiger partial charge on any atom is 0.332 e. The predicted molar refractivity (Wildman–Crippen MR) is 109 cm³/mol. The van der Waals surface area contributed by atoms with Crippen molar-refractivity contribution < 1.29 is 4.79 Å². The molecule has 29 heavy (non-hydrogen) atoms. The number of fused-ring (bicyclic) bond motifs is 3. The van der Waals surface area contributed by atoms with Gasteiger partial charge in [-0.1, -0.05) is 30.3 Å². The summed E-state index contributed by atoms with van der Waals surface area (Å²) in [4.78, 5) is 41.7. The van der Waals surface area contributed by atoms with Gasteiger partial charge in [0.1, 0.15) is 6.54 Å². The molecule has 3 aromatic heterocycles. The lowest BCUT2D eigenvalue weighted by molar-refractivity contribution is -0.118. The Kier molecular flexibility index (Phi) is 4.18. The number of rotatable bonds is 4. The van der Waals surface area contributed by atoms with E-state index in [1.165, 1.54) is 11.6 Å². The Bertz CT molecular complexity index is 1390. The highest BCUT2D eigenvalue weighted by atomic mass is 16.2. The maximum absolute atomic E-state index is 13.1. The van der Waals surface area contributed by atoms with Crippen LogP contribution in [0.25, 0.3) is 16.9 Å². The standard InChI is InChI=1S/C20H22N6O3/c1-11-12(2)26-16-17(23(4)20(29)24(18(16)28)10-15(21)27)22-19(26)25(11)13(3)14-8-6-5-7-9-14/h5-9,13H,10H2,1-4H3,(H2,21,27)/t13-/m0/s1. The third-order valence-corrected chi connectivity index (χ3v) is 5.54. The van der Waals surface area contributed by atoms with E-state index in [0.29, 0.717) is 5.78 Å². The molecule has 4 rings (SSSR count). The van der Waals surface area contributed by atoms with E-state index in [4.69, 9.17) is 5.73 Å². The molecule has 9 nitrogen and oxygen atoms in total. The molecule has 1 atom stereocenters. The Morgan fingerprint density at radius 1 is 1.14 bits per heavy atom. The number of hydrogen-bond acceptors (Lipinski definition) is 4. The Morgan fingerprint density at radius 2 is 1.79 bits per heavy atom. The van der Waals surface area contributed by atoms with Gasteiger partial charge in [0.2, 0.25) is 11.7 Å². The van der Waals surface area contributed by atoms with Crippen LogP contribution in [0.1, 0.15) is 29.9 Å². The summed E-state index contributed by atoms with van der Waals surface area (Å²) in [5.74, 6) is -0.192. The predicted octanol–water partition coefficient (Wildman–Crippen LogP) is 0.861. The Labute approximate surface area is 165 Å². The molecular formula is C20H22N6O3. The molecule has 0 aliphatic carbocycles. The first-order chi connectivity index (χ1) is 13.7. The number of nitrogens with two attached hydrogens (primary N) is 1. The Balaban J connectivity index is 2.12. The topological polar surface area (TPSA) is 109 Å². The number of hydrogen-bond donors (Lipinski definition) is 1. The number of amides is 1. The molecule has 0 fully saturated rings. The third kappa shape index (κ3) is 2.61. The molecule has 0 saturated carbocycles. The van der Waals surface area contributed by atoms with Gasteiger partial charge in [-0.3, -0.25) is 18.6 Å². The van der Waals surface area contributed by atoms with Crippen LogP contribution in [0, 0.1) is 13.8 Å². The smallest absolute Gasteiger partial charge is 0.332 e. The van der Waals surface area contributed by atoms with Crippen molar-refractivity contribution in [3.8, 4) is 0 Å². The van der Waals surface area contributed by atoms with E-state index in [1.807, 2.05) is 48.7 Å². The number of benzene rings is 1.